The van der Waals surface area contributed by atoms with Crippen molar-refractivity contribution < 1.29 is 19.1 Å². The van der Waals surface area contributed by atoms with Crippen LogP contribution in [0.3, 0.4) is 0 Å². The van der Waals surface area contributed by atoms with E-state index in [-0.39, 0.29) is 35.5 Å². The number of hydrogen-bond donors (Lipinski definition) is 0. The highest BCUT2D eigenvalue weighted by atomic mass is 79.9. The minimum absolute atomic E-state index is 0.170. The van der Waals surface area contributed by atoms with Gasteiger partial charge in [0.25, 0.3) is 11.8 Å². The van der Waals surface area contributed by atoms with Crippen molar-refractivity contribution in [2.24, 2.45) is 28.8 Å². The van der Waals surface area contributed by atoms with Crippen LogP contribution in [-0.2, 0) is 9.59 Å². The van der Waals surface area contributed by atoms with Crippen LogP contribution in [0, 0.1) is 23.7 Å². The first kappa shape index (κ1) is 18.7. The highest BCUT2D eigenvalue weighted by Crippen LogP contribution is 2.52. The van der Waals surface area contributed by atoms with Gasteiger partial charge in [-0.25, -0.2) is 0 Å². The third-order valence-corrected chi connectivity index (χ3v) is 7.56. The standard InChI is InChI=1S/C19H18Br2N2O4/c1-3-27-12-7-11(15(20)16(21)17(12)26-2)8-22-23-18(24)13-9-4-5-10(6-9)14(13)19(23)25/h4-5,7-10,13-14H,3,6H2,1-2H3. The van der Waals surface area contributed by atoms with Gasteiger partial charge >= 0.3 is 0 Å². The molecule has 4 rings (SSSR count). The van der Waals surface area contributed by atoms with Crippen LogP contribution in [-0.4, -0.2) is 36.8 Å². The lowest BCUT2D eigenvalue weighted by molar-refractivity contribution is -0.140. The van der Waals surface area contributed by atoms with E-state index in [1.165, 1.54) is 6.21 Å². The van der Waals surface area contributed by atoms with E-state index in [4.69, 9.17) is 9.47 Å². The number of fused-ring (bicyclic) bond motifs is 5. The average Bonchev–Trinajstić information content (AvgIpc) is 3.32. The molecule has 1 saturated carbocycles. The number of rotatable bonds is 5. The Morgan fingerprint density at radius 2 is 1.81 bits per heavy atom. The van der Waals surface area contributed by atoms with E-state index < -0.39 is 0 Å². The quantitative estimate of drug-likeness (QED) is 0.353. The lowest BCUT2D eigenvalue weighted by Crippen LogP contribution is -2.28. The number of halogens is 2. The van der Waals surface area contributed by atoms with Gasteiger partial charge in [-0.05, 0) is 63.1 Å². The second-order valence-electron chi connectivity index (χ2n) is 6.79. The number of hydrogen-bond acceptors (Lipinski definition) is 5. The highest BCUT2D eigenvalue weighted by molar-refractivity contribution is 9.13. The molecule has 8 heteroatoms. The molecule has 1 aliphatic heterocycles. The smallest absolute Gasteiger partial charge is 0.254 e. The van der Waals surface area contributed by atoms with E-state index in [2.05, 4.69) is 49.1 Å². The van der Waals surface area contributed by atoms with Gasteiger partial charge < -0.3 is 9.47 Å². The van der Waals surface area contributed by atoms with Gasteiger partial charge in [0, 0.05) is 10.0 Å². The molecule has 1 aromatic carbocycles. The SMILES string of the molecule is CCOc1cc(C=NN2C(=O)C3C4C=CC(C4)C3C2=O)c(Br)c(Br)c1OC. The van der Waals surface area contributed by atoms with Crippen molar-refractivity contribution in [3.63, 3.8) is 0 Å². The van der Waals surface area contributed by atoms with Gasteiger partial charge in [0.05, 0.1) is 36.2 Å². The number of ether oxygens (including phenoxy) is 2. The summed E-state index contributed by atoms with van der Waals surface area (Å²) in [6, 6.07) is 1.76. The summed E-state index contributed by atoms with van der Waals surface area (Å²) in [6.07, 6.45) is 6.54. The number of carbonyl (C=O) groups excluding carboxylic acids is 2. The second kappa shape index (κ2) is 7.05. The molecule has 4 unspecified atom stereocenters. The summed E-state index contributed by atoms with van der Waals surface area (Å²) in [7, 11) is 1.56. The Morgan fingerprint density at radius 1 is 1.19 bits per heavy atom. The van der Waals surface area contributed by atoms with Crippen molar-refractivity contribution in [2.75, 3.05) is 13.7 Å². The van der Waals surface area contributed by atoms with Crippen molar-refractivity contribution >= 4 is 49.9 Å². The van der Waals surface area contributed by atoms with Crippen molar-refractivity contribution in [3.05, 3.63) is 32.7 Å². The summed E-state index contributed by atoms with van der Waals surface area (Å²) in [5.74, 6) is 0.537. The zero-order chi connectivity index (χ0) is 19.3. The Bertz CT molecular complexity index is 853. The molecule has 27 heavy (non-hydrogen) atoms. The largest absolute Gasteiger partial charge is 0.492 e. The zero-order valence-corrected chi connectivity index (χ0v) is 18.0. The van der Waals surface area contributed by atoms with Gasteiger partial charge in [-0.15, -0.1) is 0 Å². The first-order valence-electron chi connectivity index (χ1n) is 8.76. The molecule has 2 amide bonds. The predicted octanol–water partition coefficient (Wildman–Crippen LogP) is 3.76. The third-order valence-electron chi connectivity index (χ3n) is 5.42. The molecule has 1 heterocycles. The van der Waals surface area contributed by atoms with Crippen LogP contribution in [0.25, 0.3) is 0 Å². The van der Waals surface area contributed by atoms with Gasteiger partial charge in [-0.1, -0.05) is 12.2 Å². The van der Waals surface area contributed by atoms with Crippen molar-refractivity contribution in [2.45, 2.75) is 13.3 Å². The van der Waals surface area contributed by atoms with Gasteiger partial charge in [0.1, 0.15) is 0 Å². The van der Waals surface area contributed by atoms with Gasteiger partial charge in [-0.2, -0.15) is 10.1 Å². The van der Waals surface area contributed by atoms with Crippen LogP contribution in [0.5, 0.6) is 11.5 Å². The van der Waals surface area contributed by atoms with Gasteiger partial charge in [0.2, 0.25) is 0 Å². The van der Waals surface area contributed by atoms with Crippen molar-refractivity contribution in [1.82, 2.24) is 5.01 Å². The van der Waals surface area contributed by atoms with E-state index in [0.717, 1.165) is 11.4 Å². The summed E-state index contributed by atoms with van der Waals surface area (Å²) in [6.45, 7) is 2.36. The number of carbonyl (C=O) groups is 2. The normalized spacial score (nSPS) is 28.5. The molecule has 1 saturated heterocycles. The van der Waals surface area contributed by atoms with Crippen LogP contribution >= 0.6 is 31.9 Å². The fraction of sp³-hybridized carbons (Fsp3) is 0.421. The minimum atomic E-state index is -0.255. The number of amides is 2. The summed E-state index contributed by atoms with van der Waals surface area (Å²) in [5.41, 5.74) is 0.671. The summed E-state index contributed by atoms with van der Waals surface area (Å²) in [5, 5.41) is 5.26. The summed E-state index contributed by atoms with van der Waals surface area (Å²) >= 11 is 6.99. The van der Waals surface area contributed by atoms with Gasteiger partial charge in [-0.3, -0.25) is 9.59 Å². The number of hydrazone groups is 1. The Balaban J connectivity index is 1.64. The minimum Gasteiger partial charge on any atom is -0.492 e. The molecule has 0 aromatic heterocycles. The van der Waals surface area contributed by atoms with E-state index in [1.807, 2.05) is 6.92 Å². The molecule has 0 radical (unpaired) electrons. The molecule has 2 bridgehead atoms. The lowest BCUT2D eigenvalue weighted by atomic mass is 9.85. The number of imide groups is 1. The predicted molar refractivity (Wildman–Crippen MR) is 107 cm³/mol. The van der Waals surface area contributed by atoms with Crippen LogP contribution in [0.4, 0.5) is 0 Å². The summed E-state index contributed by atoms with van der Waals surface area (Å²) < 4.78 is 12.4. The van der Waals surface area contributed by atoms with Gasteiger partial charge in [0.15, 0.2) is 11.5 Å². The Kier molecular flexibility index (Phi) is 4.88. The maximum atomic E-state index is 12.7. The molecule has 4 atom stereocenters. The molecule has 0 spiro atoms. The Labute approximate surface area is 173 Å². The molecule has 3 aliphatic rings. The van der Waals surface area contributed by atoms with Crippen LogP contribution in [0.2, 0.25) is 0 Å². The maximum absolute atomic E-state index is 12.7. The van der Waals surface area contributed by atoms with Crippen molar-refractivity contribution in [1.29, 1.82) is 0 Å². The first-order valence-corrected chi connectivity index (χ1v) is 10.3. The summed E-state index contributed by atoms with van der Waals surface area (Å²) in [4.78, 5) is 25.4. The third kappa shape index (κ3) is 2.84. The molecule has 2 fully saturated rings. The highest BCUT2D eigenvalue weighted by Gasteiger charge is 2.59. The van der Waals surface area contributed by atoms with E-state index >= 15 is 0 Å². The second-order valence-corrected chi connectivity index (χ2v) is 8.38. The number of methoxy groups -OCH3 is 1. The molecule has 0 N–H and O–H groups in total. The van der Waals surface area contributed by atoms with Crippen LogP contribution in [0.15, 0.2) is 32.3 Å². The number of allylic oxidation sites excluding steroid dienone is 2. The first-order chi connectivity index (χ1) is 13.0. The molecule has 142 valence electrons. The zero-order valence-electron chi connectivity index (χ0n) is 14.8. The Hall–Kier alpha value is -1.67. The topological polar surface area (TPSA) is 68.2 Å². The van der Waals surface area contributed by atoms with Crippen LogP contribution < -0.4 is 9.47 Å². The average molecular weight is 498 g/mol. The maximum Gasteiger partial charge on any atom is 0.254 e. The molecular weight excluding hydrogens is 480 g/mol. The Morgan fingerprint density at radius 3 is 2.37 bits per heavy atom. The lowest BCUT2D eigenvalue weighted by Gasteiger charge is -2.15. The fourth-order valence-corrected chi connectivity index (χ4v) is 5.25. The fourth-order valence-electron chi connectivity index (χ4n) is 4.27. The molecular formula is C19H18Br2N2O4. The van der Waals surface area contributed by atoms with E-state index in [1.54, 1.807) is 13.2 Å². The number of benzene rings is 1. The van der Waals surface area contributed by atoms with E-state index in [9.17, 15) is 9.59 Å². The molecule has 6 nitrogen and oxygen atoms in total. The van der Waals surface area contributed by atoms with E-state index in [0.29, 0.717) is 32.6 Å². The van der Waals surface area contributed by atoms with Crippen molar-refractivity contribution in [3.8, 4) is 11.5 Å². The van der Waals surface area contributed by atoms with Crippen LogP contribution in [0.1, 0.15) is 18.9 Å². The molecule has 2 aliphatic carbocycles. The monoisotopic (exact) mass is 496 g/mol. The number of nitrogens with zero attached hydrogens (tertiary/aromatic N) is 2. The molecule has 1 aromatic rings.